The standard InChI is InChI=1S/C41H67N3O50S6.9Na/c1-7(2)81-36-12(42-8(3)46)15(47)24(10(83-36)5-79-97(67,68)69)86-41-30(94-100(76,77)78)22(54)27(32(92-41)35(59)60)89-37-13(43-95(61,62)63)16(48)23(9(4-45)82-37)85-39-21(53)20(52)26(31(91-39)34(57)58)88-38-14(44-96(64,65)66)17(49)25(11(84-38)6-80-98(70,71)72)87-40-29(93-99(73,74)75)19(51)18(50)28(90-40)33(55)56;;;;;;;;;/h7,9-32,36-41,43-45,47-54H,4-6H2,1-3H3,(H,42,46)(H,55,56)(H,57,58)(H,59,60)(H,61,62,63)(H,64,65,66)(H,67,68,69)(H,70,71,72)(H,73,74,75)(H,76,77,78);;;;;;;;;/q;9*+1/p-9/t9-,10-,11-,12-,13-,14-,15-,16-,17-,18+,19+,20-,21-,22+,23-,24-,25-,26+,27+,28-,29-,30-,31-,32-,36+,37-,38-,39-,40-,41-;;;;;;;;;/m1........./s1. The second kappa shape index (κ2) is 50.4. The Balaban J connectivity index is -0.00000612. The molecule has 0 aromatic heterocycles. The average Bonchev–Trinajstić information content (AvgIpc) is 0.764. The zero-order valence-corrected chi connectivity index (χ0v) is 81.6. The molecule has 0 aromatic rings. The molecule has 582 valence electrons. The van der Waals surface area contributed by atoms with Gasteiger partial charge in [0.2, 0.25) is 47.5 Å². The fraction of sp³-hybridized carbons (Fsp3) is 0.902. The van der Waals surface area contributed by atoms with Gasteiger partial charge in [-0.1, -0.05) is 0 Å². The van der Waals surface area contributed by atoms with Crippen molar-refractivity contribution in [1.29, 1.82) is 0 Å². The van der Waals surface area contributed by atoms with E-state index in [4.69, 9.17) is 56.8 Å². The smallest absolute Gasteiger partial charge is 0.735 e. The zero-order valence-electron chi connectivity index (χ0n) is 58.7. The number of rotatable bonds is 31. The first-order valence-corrected chi connectivity index (χ1v) is 35.6. The fourth-order valence-corrected chi connectivity index (χ4v) is 13.3. The number of carbonyl (C=O) groups excluding carboxylic acids is 4. The van der Waals surface area contributed by atoms with Gasteiger partial charge in [0.15, 0.2) is 70.6 Å². The number of carbonyl (C=O) groups is 4. The van der Waals surface area contributed by atoms with Crippen molar-refractivity contribution < 1.29 is 498 Å². The van der Waals surface area contributed by atoms with Crippen LogP contribution in [-0.4, -0.2) is 358 Å². The molecule has 30 atom stereocenters. The molecule has 6 aliphatic rings. The first-order chi connectivity index (χ1) is 45.7. The number of hydrogen-bond acceptors (Lipinski definition) is 50. The van der Waals surface area contributed by atoms with Crippen LogP contribution in [0.3, 0.4) is 0 Å². The van der Waals surface area contributed by atoms with Gasteiger partial charge in [0.25, 0.3) is 0 Å². The number of nitrogens with one attached hydrogen (secondary N) is 3. The van der Waals surface area contributed by atoms with E-state index in [9.17, 15) is 158 Å². The molecule has 6 saturated heterocycles. The summed E-state index contributed by atoms with van der Waals surface area (Å²) in [5, 5.41) is 140. The summed E-state index contributed by atoms with van der Waals surface area (Å²) in [4.78, 5) is 49.7. The molecule has 53 nitrogen and oxygen atoms in total. The van der Waals surface area contributed by atoms with Crippen LogP contribution < -0.4 is 296 Å². The molecule has 68 heteroatoms. The molecule has 0 bridgehead atoms. The van der Waals surface area contributed by atoms with Crippen LogP contribution in [0.15, 0.2) is 0 Å². The Hall–Kier alpha value is 5.26. The maximum absolute atomic E-state index is 12.9. The summed E-state index contributed by atoms with van der Waals surface area (Å²) in [5.74, 6) is -8.67. The minimum absolute atomic E-state index is 0. The van der Waals surface area contributed by atoms with E-state index < -0.39 is 296 Å². The van der Waals surface area contributed by atoms with E-state index in [1.807, 2.05) is 0 Å². The summed E-state index contributed by atoms with van der Waals surface area (Å²) in [5.41, 5.74) is 0. The molecule has 0 aliphatic carbocycles. The van der Waals surface area contributed by atoms with Crippen LogP contribution in [-0.2, 0) is 155 Å². The average molecular weight is 1790 g/mol. The molecule has 0 saturated carbocycles. The van der Waals surface area contributed by atoms with Crippen LogP contribution in [0.4, 0.5) is 0 Å². The molecule has 6 fully saturated rings. The second-order valence-corrected chi connectivity index (χ2v) is 28.3. The van der Waals surface area contributed by atoms with Gasteiger partial charge >= 0.3 is 266 Å². The largest absolute Gasteiger partial charge is 1.00 e. The van der Waals surface area contributed by atoms with E-state index in [1.165, 1.54) is 13.8 Å². The number of ether oxygens (including phenoxy) is 12. The van der Waals surface area contributed by atoms with E-state index in [-0.39, 0.29) is 266 Å². The van der Waals surface area contributed by atoms with Gasteiger partial charge in [0, 0.05) is 6.92 Å². The minimum atomic E-state index is -6.28. The first kappa shape index (κ1) is 121. The van der Waals surface area contributed by atoms with Crippen LogP contribution in [0, 0.1) is 0 Å². The van der Waals surface area contributed by atoms with Crippen molar-refractivity contribution in [3.63, 3.8) is 0 Å². The van der Waals surface area contributed by atoms with Crippen molar-refractivity contribution >= 4 is 86.0 Å². The van der Waals surface area contributed by atoms with Crippen molar-refractivity contribution in [2.24, 2.45) is 0 Å². The quantitative estimate of drug-likeness (QED) is 0.0174. The molecule has 0 spiro atoms. The van der Waals surface area contributed by atoms with E-state index in [2.05, 4.69) is 22.0 Å². The Morgan fingerprint density at radius 2 is 0.688 bits per heavy atom. The summed E-state index contributed by atoms with van der Waals surface area (Å²) in [7, 11) is -36.3. The Morgan fingerprint density at radius 1 is 0.376 bits per heavy atom. The van der Waals surface area contributed by atoms with Crippen LogP contribution in [0.1, 0.15) is 20.8 Å². The number of carboxylic acid groups (broad SMARTS) is 3. The predicted molar refractivity (Wildman–Crippen MR) is 274 cm³/mol. The van der Waals surface area contributed by atoms with Crippen molar-refractivity contribution in [3.05, 3.63) is 0 Å². The summed E-state index contributed by atoms with van der Waals surface area (Å²) in [6.45, 7) is -1.36. The normalized spacial score (nSPS) is 37.2. The molecule has 6 rings (SSSR count). The molecule has 1 amide bonds. The van der Waals surface area contributed by atoms with Gasteiger partial charge in [-0.05, 0) is 13.8 Å². The SMILES string of the molecule is CC(=O)N[C@H]1[C@@H](OC(C)C)O[C@H](COS(=O)(=O)[O-])[C@@H](O[C@@H]2O[C@@H](C(=O)[O-])[C@@H](O[C@H]3O[C@H](CO)[C@@H](O[C@@H]4O[C@@H](C(=O)[O-])[C@@H](O[C@H]5O[C@H](COS(=O)(=O)[O-])[C@@H](O[C@@H]6O[C@@H](C(=O)[O-])[C@@H](O)[C@H](O)[C@H]6OS(=O)(=O)[O-])[C@H](O)[C@H]5NS(=O)(=O)[O-])[C@H](O)[C@H]4O)[C@H](O)[C@H]3NS(=O)(=O)[O-])[C@H](O)[C@H]2OS(=O)(=O)[O-])[C@@H]1O.[Na+].[Na+].[Na+].[Na+].[Na+].[Na+].[Na+].[Na+].[Na+]. The Bertz CT molecular complexity index is 3600. The van der Waals surface area contributed by atoms with Crippen LogP contribution in [0.25, 0.3) is 0 Å². The van der Waals surface area contributed by atoms with Gasteiger partial charge in [0.1, 0.15) is 134 Å². The number of aliphatic hydroxyl groups excluding tert-OH is 9. The molecular formula is C41H58N3Na9O50S6. The van der Waals surface area contributed by atoms with Gasteiger partial charge in [-0.25, -0.2) is 60.0 Å². The van der Waals surface area contributed by atoms with Crippen molar-refractivity contribution in [2.75, 3.05) is 19.8 Å². The fourth-order valence-electron chi connectivity index (χ4n) is 10.5. The number of hydrogen-bond donors (Lipinski definition) is 12. The van der Waals surface area contributed by atoms with Crippen LogP contribution in [0.2, 0.25) is 0 Å². The van der Waals surface area contributed by atoms with Gasteiger partial charge < -0.3 is 165 Å². The van der Waals surface area contributed by atoms with Gasteiger partial charge in [-0.15, -0.1) is 0 Å². The molecular weight excluding hydrogens is 1730 g/mol. The molecule has 6 aliphatic heterocycles. The van der Waals surface area contributed by atoms with Crippen molar-refractivity contribution in [3.8, 4) is 0 Å². The third-order valence-corrected chi connectivity index (χ3v) is 17.4. The van der Waals surface area contributed by atoms with Gasteiger partial charge in [-0.2, -0.15) is 0 Å². The number of aliphatic carboxylic acids is 3. The van der Waals surface area contributed by atoms with Gasteiger partial charge in [-0.3, -0.25) is 21.5 Å². The summed E-state index contributed by atoms with van der Waals surface area (Å²) >= 11 is 0. The van der Waals surface area contributed by atoms with E-state index in [1.54, 1.807) is 0 Å². The Labute approximate surface area is 817 Å². The van der Waals surface area contributed by atoms with Crippen molar-refractivity contribution in [1.82, 2.24) is 14.8 Å². The monoisotopic (exact) mass is 1790 g/mol. The Kier molecular flexibility index (Phi) is 55.8. The summed E-state index contributed by atoms with van der Waals surface area (Å²) in [6.07, 6.45) is -77.2. The minimum Gasteiger partial charge on any atom is -0.735 e. The molecule has 0 aromatic carbocycles. The number of carboxylic acids is 3. The molecule has 0 unspecified atom stereocenters. The molecule has 12 N–H and O–H groups in total. The molecule has 0 radical (unpaired) electrons. The Morgan fingerprint density at radius 3 is 1.04 bits per heavy atom. The topological polar surface area (TPSA) is 847 Å². The maximum Gasteiger partial charge on any atom is 1.00 e. The maximum atomic E-state index is 12.9. The van der Waals surface area contributed by atoms with Crippen molar-refractivity contribution in [2.45, 2.75) is 211 Å². The summed E-state index contributed by atoms with van der Waals surface area (Å²) in [6, 6.07) is -7.73. The van der Waals surface area contributed by atoms with E-state index in [0.717, 1.165) is 16.4 Å². The van der Waals surface area contributed by atoms with Crippen LogP contribution in [0.5, 0.6) is 0 Å². The second-order valence-electron chi connectivity index (χ2n) is 21.9. The first-order valence-electron chi connectivity index (χ1n) is 27.5. The van der Waals surface area contributed by atoms with E-state index >= 15 is 0 Å². The molecule has 6 heterocycles. The van der Waals surface area contributed by atoms with Gasteiger partial charge in [0.05, 0.1) is 43.8 Å². The summed E-state index contributed by atoms with van der Waals surface area (Å²) < 4.78 is 298. The third-order valence-electron chi connectivity index (χ3n) is 14.5. The number of amides is 1. The predicted octanol–water partition coefficient (Wildman–Crippen LogP) is -47.2. The zero-order chi connectivity index (χ0) is 75.8. The van der Waals surface area contributed by atoms with Crippen LogP contribution >= 0.6 is 0 Å². The molecule has 109 heavy (non-hydrogen) atoms. The number of aliphatic hydroxyl groups is 9. The third kappa shape index (κ3) is 35.3. The van der Waals surface area contributed by atoms with E-state index in [0.29, 0.717) is 0 Å².